The van der Waals surface area contributed by atoms with E-state index in [1.165, 1.54) is 0 Å². The summed E-state index contributed by atoms with van der Waals surface area (Å²) in [7, 11) is 0. The predicted octanol–water partition coefficient (Wildman–Crippen LogP) is -7.63. The number of carbonyl (C=O) groups is 13. The topological polar surface area (TPSA) is 535 Å². The second-order valence-corrected chi connectivity index (χ2v) is 18.5. The molecule has 432 valence electrons. The third-order valence-electron chi connectivity index (χ3n) is 11.5. The maximum atomic E-state index is 13.6. The van der Waals surface area contributed by atoms with E-state index in [2.05, 4.69) is 47.9 Å². The van der Waals surface area contributed by atoms with E-state index in [9.17, 15) is 87.9 Å². The van der Waals surface area contributed by atoms with Crippen LogP contribution in [0.1, 0.15) is 106 Å². The molecule has 0 aliphatic carbocycles. The van der Waals surface area contributed by atoms with Crippen LogP contribution in [0.4, 0.5) is 0 Å². The van der Waals surface area contributed by atoms with E-state index in [1.807, 2.05) is 0 Å². The molecule has 76 heavy (non-hydrogen) atoms. The van der Waals surface area contributed by atoms with Gasteiger partial charge in [0.25, 0.3) is 0 Å². The van der Waals surface area contributed by atoms with Gasteiger partial charge in [-0.1, -0.05) is 40.5 Å². The Labute approximate surface area is 438 Å². The van der Waals surface area contributed by atoms with Gasteiger partial charge in [-0.3, -0.25) is 57.5 Å². The molecule has 12 atom stereocenters. The standard InChI is InChI=1S/C45H79N13O18/c1-7-21(4)34(57-37(67)24(47)10-8-9-15-46)43(73)51-25(12-14-33(64)65)38(68)55-29(18-59)41(71)50-22(5)36(66)58-35(23(6)61)44(74)54-28(17-32(49)63)40(70)53-27(16-20(2)3)39(69)56-30(19-60)42(72)52-26(45(75)76)11-13-31(48)62/h20-30,34-35,59-61H,7-19,46-47H2,1-6H3,(H2,48,62)(H2,49,63)(H,50,71)(H,51,73)(H,52,72)(H,53,70)(H,54,74)(H,55,68)(H,56,69)(H,57,67)(H,58,66)(H,64,65)(H,75,76). The van der Waals surface area contributed by atoms with Crippen LogP contribution >= 0.6 is 0 Å². The first-order chi connectivity index (χ1) is 35.4. The zero-order valence-electron chi connectivity index (χ0n) is 43.6. The SMILES string of the molecule is CCC(C)C(NC(=O)C(N)CCCCN)C(=O)NC(CCC(=O)O)C(=O)NC(CO)C(=O)NC(C)C(=O)NC(C(=O)NC(CC(N)=O)C(=O)NC(CC(C)C)C(=O)NC(CO)C(=O)NC(CCC(N)=O)C(=O)O)C(C)O. The summed E-state index contributed by atoms with van der Waals surface area (Å²) in [6, 6.07) is -16.1. The highest BCUT2D eigenvalue weighted by atomic mass is 16.4. The Hall–Kier alpha value is -7.09. The number of aliphatic hydroxyl groups is 3. The van der Waals surface area contributed by atoms with Crippen molar-refractivity contribution in [3.8, 4) is 0 Å². The van der Waals surface area contributed by atoms with Crippen LogP contribution in [0.3, 0.4) is 0 Å². The number of rotatable bonds is 38. The molecule has 0 bridgehead atoms. The Morgan fingerprint density at radius 2 is 0.934 bits per heavy atom. The zero-order valence-corrected chi connectivity index (χ0v) is 43.6. The number of nitrogens with one attached hydrogen (secondary N) is 9. The molecule has 12 unspecified atom stereocenters. The second-order valence-electron chi connectivity index (χ2n) is 18.5. The first-order valence-electron chi connectivity index (χ1n) is 24.5. The van der Waals surface area contributed by atoms with Gasteiger partial charge in [0.05, 0.1) is 31.8 Å². The number of primary amides is 2. The third-order valence-corrected chi connectivity index (χ3v) is 11.5. The van der Waals surface area contributed by atoms with Crippen LogP contribution in [0.25, 0.3) is 0 Å². The Morgan fingerprint density at radius 3 is 1.41 bits per heavy atom. The molecule has 0 rings (SSSR count). The summed E-state index contributed by atoms with van der Waals surface area (Å²) in [5, 5.41) is 69.5. The summed E-state index contributed by atoms with van der Waals surface area (Å²) in [6.45, 7) is 6.96. The molecular weight excluding hydrogens is 1010 g/mol. The van der Waals surface area contributed by atoms with Gasteiger partial charge in [-0.25, -0.2) is 4.79 Å². The molecular formula is C45H79N13O18. The number of amides is 11. The predicted molar refractivity (Wildman–Crippen MR) is 265 cm³/mol. The molecule has 0 radical (unpaired) electrons. The summed E-state index contributed by atoms with van der Waals surface area (Å²) in [6.07, 6.45) is -3.09. The molecule has 22 N–H and O–H groups in total. The summed E-state index contributed by atoms with van der Waals surface area (Å²) >= 11 is 0. The highest BCUT2D eigenvalue weighted by molar-refractivity contribution is 5.99. The van der Waals surface area contributed by atoms with Gasteiger partial charge in [0.1, 0.15) is 54.4 Å². The number of unbranched alkanes of at least 4 members (excludes halogenated alkanes) is 1. The molecule has 0 spiro atoms. The van der Waals surface area contributed by atoms with Crippen molar-refractivity contribution in [1.29, 1.82) is 0 Å². The summed E-state index contributed by atoms with van der Waals surface area (Å²) in [5.74, 6) is -15.7. The fourth-order valence-electron chi connectivity index (χ4n) is 6.86. The number of aliphatic carboxylic acids is 2. The fourth-order valence-corrected chi connectivity index (χ4v) is 6.86. The summed E-state index contributed by atoms with van der Waals surface area (Å²) in [4.78, 5) is 167. The van der Waals surface area contributed by atoms with Gasteiger partial charge in [0.15, 0.2) is 0 Å². The molecule has 0 heterocycles. The lowest BCUT2D eigenvalue weighted by Gasteiger charge is -2.28. The minimum absolute atomic E-state index is 0.157. The third kappa shape index (κ3) is 25.9. The number of carboxylic acids is 2. The average Bonchev–Trinajstić information content (AvgIpc) is 3.33. The fraction of sp³-hybridized carbons (Fsp3) is 0.711. The highest BCUT2D eigenvalue weighted by Gasteiger charge is 2.37. The number of aliphatic hydroxyl groups excluding tert-OH is 3. The number of hydrogen-bond acceptors (Lipinski definition) is 18. The minimum Gasteiger partial charge on any atom is -0.481 e. The van der Waals surface area contributed by atoms with E-state index in [1.54, 1.807) is 27.7 Å². The van der Waals surface area contributed by atoms with E-state index in [0.29, 0.717) is 25.8 Å². The largest absolute Gasteiger partial charge is 0.481 e. The van der Waals surface area contributed by atoms with Crippen LogP contribution in [0.5, 0.6) is 0 Å². The van der Waals surface area contributed by atoms with Crippen molar-refractivity contribution in [2.24, 2.45) is 34.8 Å². The molecule has 0 aromatic heterocycles. The Bertz CT molecular complexity index is 2030. The van der Waals surface area contributed by atoms with Crippen LogP contribution in [0, 0.1) is 11.8 Å². The monoisotopic (exact) mass is 1090 g/mol. The molecule has 31 heteroatoms. The van der Waals surface area contributed by atoms with Crippen LogP contribution < -0.4 is 70.8 Å². The molecule has 31 nitrogen and oxygen atoms in total. The van der Waals surface area contributed by atoms with Gasteiger partial charge in [-0.2, -0.15) is 0 Å². The highest BCUT2D eigenvalue weighted by Crippen LogP contribution is 2.12. The van der Waals surface area contributed by atoms with Crippen LogP contribution in [-0.4, -0.2) is 189 Å². The first kappa shape index (κ1) is 68.9. The molecule has 11 amide bonds. The van der Waals surface area contributed by atoms with Gasteiger partial charge in [-0.05, 0) is 64.3 Å². The van der Waals surface area contributed by atoms with Crippen LogP contribution in [-0.2, 0) is 62.3 Å². The van der Waals surface area contributed by atoms with Crippen LogP contribution in [0.2, 0.25) is 0 Å². The first-order valence-corrected chi connectivity index (χ1v) is 24.5. The molecule has 0 saturated carbocycles. The van der Waals surface area contributed by atoms with Crippen molar-refractivity contribution < 1.29 is 87.9 Å². The van der Waals surface area contributed by atoms with Crippen molar-refractivity contribution in [3.05, 3.63) is 0 Å². The van der Waals surface area contributed by atoms with Crippen LogP contribution in [0.15, 0.2) is 0 Å². The number of hydrogen-bond donors (Lipinski definition) is 18. The van der Waals surface area contributed by atoms with Crippen molar-refractivity contribution in [2.75, 3.05) is 19.8 Å². The normalized spacial score (nSPS) is 15.8. The van der Waals surface area contributed by atoms with Gasteiger partial charge < -0.3 is 96.3 Å². The van der Waals surface area contributed by atoms with Crippen molar-refractivity contribution in [1.82, 2.24) is 47.9 Å². The van der Waals surface area contributed by atoms with Gasteiger partial charge >= 0.3 is 11.9 Å². The lowest BCUT2D eigenvalue weighted by Crippen LogP contribution is -2.62. The lowest BCUT2D eigenvalue weighted by molar-refractivity contribution is -0.143. The minimum atomic E-state index is -1.94. The van der Waals surface area contributed by atoms with Crippen molar-refractivity contribution in [3.63, 3.8) is 0 Å². The quantitative estimate of drug-likeness (QED) is 0.0255. The smallest absolute Gasteiger partial charge is 0.326 e. The second kappa shape index (κ2) is 35.2. The zero-order chi connectivity index (χ0) is 58.6. The van der Waals surface area contributed by atoms with E-state index in [4.69, 9.17) is 22.9 Å². The Balaban J connectivity index is 6.21. The van der Waals surface area contributed by atoms with E-state index in [0.717, 1.165) is 13.8 Å². The van der Waals surface area contributed by atoms with Gasteiger partial charge in [0, 0.05) is 12.8 Å². The van der Waals surface area contributed by atoms with Gasteiger partial charge in [0.2, 0.25) is 65.0 Å². The van der Waals surface area contributed by atoms with Crippen molar-refractivity contribution >= 4 is 76.9 Å². The molecule has 0 saturated heterocycles. The van der Waals surface area contributed by atoms with E-state index >= 15 is 0 Å². The number of nitrogens with two attached hydrogens (primary N) is 4. The maximum Gasteiger partial charge on any atom is 0.326 e. The van der Waals surface area contributed by atoms with Crippen molar-refractivity contribution in [2.45, 2.75) is 172 Å². The molecule has 0 fully saturated rings. The molecule has 0 aliphatic heterocycles. The average molecular weight is 1090 g/mol. The van der Waals surface area contributed by atoms with E-state index in [-0.39, 0.29) is 18.8 Å². The number of carboxylic acid groups (broad SMARTS) is 2. The molecule has 0 aromatic rings. The Kier molecular flexibility index (Phi) is 31.9. The van der Waals surface area contributed by atoms with Gasteiger partial charge in [-0.15, -0.1) is 0 Å². The number of carbonyl (C=O) groups excluding carboxylic acids is 11. The maximum absolute atomic E-state index is 13.6. The summed E-state index contributed by atoms with van der Waals surface area (Å²) < 4.78 is 0. The van der Waals surface area contributed by atoms with E-state index < -0.39 is 195 Å². The molecule has 0 aliphatic rings. The molecule has 0 aromatic carbocycles. The summed E-state index contributed by atoms with van der Waals surface area (Å²) in [5.41, 5.74) is 21.9. The Morgan fingerprint density at radius 1 is 0.487 bits per heavy atom. The lowest BCUT2D eigenvalue weighted by atomic mass is 9.96.